The molecule has 1 aliphatic heterocycles. The molecule has 0 aromatic carbocycles. The fraction of sp³-hybridized carbons (Fsp3) is 0.583. The molecule has 1 aromatic heterocycles. The first-order valence-corrected chi connectivity index (χ1v) is 5.94. The highest BCUT2D eigenvalue weighted by molar-refractivity contribution is 6.04. The molecule has 2 heterocycles. The van der Waals surface area contributed by atoms with E-state index in [0.717, 1.165) is 18.7 Å². The van der Waals surface area contributed by atoms with Gasteiger partial charge < -0.3 is 4.98 Å². The van der Waals surface area contributed by atoms with Crippen molar-refractivity contribution in [2.75, 3.05) is 6.54 Å². The molecule has 1 aliphatic rings. The summed E-state index contributed by atoms with van der Waals surface area (Å²) in [5.41, 5.74) is 0. The number of H-pyrrole nitrogens is 1. The predicted octanol–water partition coefficient (Wildman–Crippen LogP) is 0.983. The first-order chi connectivity index (χ1) is 8.11. The van der Waals surface area contributed by atoms with Crippen molar-refractivity contribution in [2.24, 2.45) is 11.8 Å². The molecular formula is C12H17N3O2. The van der Waals surface area contributed by atoms with Gasteiger partial charge in [0, 0.05) is 37.2 Å². The minimum Gasteiger partial charge on any atom is -0.349 e. The van der Waals surface area contributed by atoms with E-state index in [4.69, 9.17) is 0 Å². The van der Waals surface area contributed by atoms with Gasteiger partial charge in [0.05, 0.1) is 0 Å². The van der Waals surface area contributed by atoms with E-state index in [1.807, 2.05) is 13.8 Å². The summed E-state index contributed by atoms with van der Waals surface area (Å²) in [6.07, 6.45) is 4.98. The van der Waals surface area contributed by atoms with Crippen molar-refractivity contribution in [3.8, 4) is 0 Å². The number of amides is 2. The number of nitrogens with one attached hydrogen (secondary N) is 1. The Kier molecular flexibility index (Phi) is 3.26. The van der Waals surface area contributed by atoms with E-state index >= 15 is 0 Å². The van der Waals surface area contributed by atoms with E-state index in [0.29, 0.717) is 6.54 Å². The molecule has 0 aliphatic carbocycles. The Balaban J connectivity index is 1.87. The number of aromatic amines is 1. The molecule has 5 nitrogen and oxygen atoms in total. The lowest BCUT2D eigenvalue weighted by atomic mass is 10.00. The van der Waals surface area contributed by atoms with Crippen LogP contribution in [0.25, 0.3) is 0 Å². The van der Waals surface area contributed by atoms with Crippen LogP contribution in [0, 0.1) is 11.8 Å². The monoisotopic (exact) mass is 235 g/mol. The van der Waals surface area contributed by atoms with Crippen LogP contribution in [-0.2, 0) is 16.0 Å². The van der Waals surface area contributed by atoms with Gasteiger partial charge in [0.1, 0.15) is 5.82 Å². The Morgan fingerprint density at radius 1 is 1.29 bits per heavy atom. The summed E-state index contributed by atoms with van der Waals surface area (Å²) in [7, 11) is 0. The normalized spacial score (nSPS) is 24.7. The standard InChI is InChI=1S/C12H17N3O2/c1-8-9(2)12(17)15(11(8)16)7-3-4-10-13-5-6-14-10/h5-6,8-9H,3-4,7H2,1-2H3,(H,13,14). The molecule has 0 spiro atoms. The molecule has 1 fully saturated rings. The molecule has 2 atom stereocenters. The zero-order valence-corrected chi connectivity index (χ0v) is 10.1. The highest BCUT2D eigenvalue weighted by atomic mass is 16.2. The number of aromatic nitrogens is 2. The second-order valence-corrected chi connectivity index (χ2v) is 4.54. The van der Waals surface area contributed by atoms with E-state index in [2.05, 4.69) is 9.97 Å². The summed E-state index contributed by atoms with van der Waals surface area (Å²) in [6, 6.07) is 0. The third-order valence-electron chi connectivity index (χ3n) is 3.41. The molecule has 5 heteroatoms. The van der Waals surface area contributed by atoms with Crippen LogP contribution in [-0.4, -0.2) is 33.2 Å². The smallest absolute Gasteiger partial charge is 0.232 e. The number of imide groups is 1. The van der Waals surface area contributed by atoms with Gasteiger partial charge in [0.25, 0.3) is 0 Å². The lowest BCUT2D eigenvalue weighted by Gasteiger charge is -2.13. The average molecular weight is 235 g/mol. The minimum atomic E-state index is -0.175. The number of carbonyl (C=O) groups excluding carboxylic acids is 2. The van der Waals surface area contributed by atoms with Crippen LogP contribution in [0.2, 0.25) is 0 Å². The van der Waals surface area contributed by atoms with Gasteiger partial charge in [-0.05, 0) is 6.42 Å². The molecule has 17 heavy (non-hydrogen) atoms. The van der Waals surface area contributed by atoms with E-state index in [9.17, 15) is 9.59 Å². The lowest BCUT2D eigenvalue weighted by molar-refractivity contribution is -0.139. The van der Waals surface area contributed by atoms with Crippen molar-refractivity contribution in [3.63, 3.8) is 0 Å². The Hall–Kier alpha value is -1.65. The van der Waals surface area contributed by atoms with Crippen LogP contribution in [0.5, 0.6) is 0 Å². The number of hydrogen-bond donors (Lipinski definition) is 1. The van der Waals surface area contributed by atoms with Crippen molar-refractivity contribution in [3.05, 3.63) is 18.2 Å². The fourth-order valence-electron chi connectivity index (χ4n) is 2.09. The number of carbonyl (C=O) groups is 2. The van der Waals surface area contributed by atoms with Crippen molar-refractivity contribution in [1.82, 2.24) is 14.9 Å². The summed E-state index contributed by atoms with van der Waals surface area (Å²) in [5, 5.41) is 0. The Labute approximate surface area is 100 Å². The van der Waals surface area contributed by atoms with Gasteiger partial charge in [-0.2, -0.15) is 0 Å². The first-order valence-electron chi connectivity index (χ1n) is 5.94. The Bertz CT molecular complexity index is 393. The molecule has 1 aromatic rings. The van der Waals surface area contributed by atoms with Crippen LogP contribution in [0.3, 0.4) is 0 Å². The quantitative estimate of drug-likeness (QED) is 0.791. The Morgan fingerprint density at radius 2 is 1.94 bits per heavy atom. The first kappa shape index (κ1) is 11.8. The average Bonchev–Trinajstić information content (AvgIpc) is 2.89. The predicted molar refractivity (Wildman–Crippen MR) is 62.0 cm³/mol. The van der Waals surface area contributed by atoms with E-state index < -0.39 is 0 Å². The number of rotatable bonds is 4. The van der Waals surface area contributed by atoms with Crippen LogP contribution >= 0.6 is 0 Å². The van der Waals surface area contributed by atoms with Gasteiger partial charge in [0.2, 0.25) is 11.8 Å². The lowest BCUT2D eigenvalue weighted by Crippen LogP contribution is -2.32. The van der Waals surface area contributed by atoms with Crippen LogP contribution < -0.4 is 0 Å². The summed E-state index contributed by atoms with van der Waals surface area (Å²) >= 11 is 0. The maximum Gasteiger partial charge on any atom is 0.232 e. The van der Waals surface area contributed by atoms with Gasteiger partial charge in [-0.25, -0.2) is 4.98 Å². The summed E-state index contributed by atoms with van der Waals surface area (Å²) < 4.78 is 0. The number of imidazole rings is 1. The van der Waals surface area contributed by atoms with Gasteiger partial charge in [-0.15, -0.1) is 0 Å². The summed E-state index contributed by atoms with van der Waals surface area (Å²) in [5.74, 6) is 0.464. The molecule has 0 radical (unpaired) electrons. The van der Waals surface area contributed by atoms with Gasteiger partial charge in [-0.3, -0.25) is 14.5 Å². The van der Waals surface area contributed by atoms with Crippen molar-refractivity contribution in [1.29, 1.82) is 0 Å². The van der Waals surface area contributed by atoms with E-state index in [-0.39, 0.29) is 23.7 Å². The molecular weight excluding hydrogens is 218 g/mol. The topological polar surface area (TPSA) is 66.1 Å². The van der Waals surface area contributed by atoms with Crippen molar-refractivity contribution in [2.45, 2.75) is 26.7 Å². The molecule has 2 amide bonds. The molecule has 2 unspecified atom stereocenters. The van der Waals surface area contributed by atoms with E-state index in [1.54, 1.807) is 12.4 Å². The highest BCUT2D eigenvalue weighted by Crippen LogP contribution is 2.25. The summed E-state index contributed by atoms with van der Waals surface area (Å²) in [6.45, 7) is 4.13. The second kappa shape index (κ2) is 4.69. The fourth-order valence-corrected chi connectivity index (χ4v) is 2.09. The van der Waals surface area contributed by atoms with Crippen LogP contribution in [0.1, 0.15) is 26.1 Å². The largest absolute Gasteiger partial charge is 0.349 e. The summed E-state index contributed by atoms with van der Waals surface area (Å²) in [4.78, 5) is 32.1. The second-order valence-electron chi connectivity index (χ2n) is 4.54. The number of nitrogens with zero attached hydrogens (tertiary/aromatic N) is 2. The van der Waals surface area contributed by atoms with Gasteiger partial charge in [0.15, 0.2) is 0 Å². The number of hydrogen-bond acceptors (Lipinski definition) is 3. The van der Waals surface area contributed by atoms with Crippen LogP contribution in [0.4, 0.5) is 0 Å². The number of aryl methyl sites for hydroxylation is 1. The zero-order chi connectivity index (χ0) is 12.4. The molecule has 0 saturated carbocycles. The maximum absolute atomic E-state index is 11.8. The van der Waals surface area contributed by atoms with Gasteiger partial charge >= 0.3 is 0 Å². The third kappa shape index (κ3) is 2.23. The maximum atomic E-state index is 11.8. The van der Waals surface area contributed by atoms with E-state index in [1.165, 1.54) is 4.90 Å². The third-order valence-corrected chi connectivity index (χ3v) is 3.41. The molecule has 1 saturated heterocycles. The molecule has 0 bridgehead atoms. The molecule has 1 N–H and O–H groups in total. The minimum absolute atomic E-state index is 0.0399. The number of likely N-dealkylation sites (tertiary alicyclic amines) is 1. The SMILES string of the molecule is CC1C(=O)N(CCCc2ncc[nH]2)C(=O)C1C. The highest BCUT2D eigenvalue weighted by Gasteiger charge is 2.41. The van der Waals surface area contributed by atoms with Crippen molar-refractivity contribution >= 4 is 11.8 Å². The Morgan fingerprint density at radius 3 is 2.47 bits per heavy atom. The van der Waals surface area contributed by atoms with Gasteiger partial charge in [-0.1, -0.05) is 13.8 Å². The van der Waals surface area contributed by atoms with Crippen molar-refractivity contribution < 1.29 is 9.59 Å². The molecule has 2 rings (SSSR count). The van der Waals surface area contributed by atoms with Crippen LogP contribution in [0.15, 0.2) is 12.4 Å². The zero-order valence-electron chi connectivity index (χ0n) is 10.1. The molecule has 92 valence electrons.